The highest BCUT2D eigenvalue weighted by Gasteiger charge is 2.30. The van der Waals surface area contributed by atoms with E-state index in [-0.39, 0.29) is 25.0 Å². The Labute approximate surface area is 208 Å². The zero-order valence-electron chi connectivity index (χ0n) is 17.9. The quantitative estimate of drug-likeness (QED) is 0.423. The lowest BCUT2D eigenvalue weighted by atomic mass is 10.0. The molecule has 2 amide bonds. The molecule has 8 heteroatoms. The van der Waals surface area contributed by atoms with Gasteiger partial charge in [0.15, 0.2) is 6.61 Å². The van der Waals surface area contributed by atoms with Crippen molar-refractivity contribution in [3.8, 4) is 5.75 Å². The molecule has 0 unspecified atom stereocenters. The average Bonchev–Trinajstić information content (AvgIpc) is 2.82. The van der Waals surface area contributed by atoms with Crippen molar-refractivity contribution in [3.05, 3.63) is 99.0 Å². The number of hydrogen-bond acceptors (Lipinski definition) is 3. The molecule has 33 heavy (non-hydrogen) atoms. The number of nitrogens with one attached hydrogen (secondary N) is 1. The van der Waals surface area contributed by atoms with Crippen molar-refractivity contribution in [2.45, 2.75) is 19.0 Å². The Morgan fingerprint density at radius 2 is 1.61 bits per heavy atom. The van der Waals surface area contributed by atoms with Gasteiger partial charge in [0, 0.05) is 35.1 Å². The molecule has 3 aromatic carbocycles. The minimum Gasteiger partial charge on any atom is -0.484 e. The molecule has 0 aliphatic rings. The number of likely N-dealkylation sites (N-methyl/N-ethyl adjacent to an activating group) is 1. The number of hydrogen-bond donors (Lipinski definition) is 1. The summed E-state index contributed by atoms with van der Waals surface area (Å²) in [4.78, 5) is 27.7. The van der Waals surface area contributed by atoms with E-state index in [1.54, 1.807) is 49.5 Å². The van der Waals surface area contributed by atoms with Crippen molar-refractivity contribution >= 4 is 46.6 Å². The van der Waals surface area contributed by atoms with E-state index in [0.29, 0.717) is 32.8 Å². The van der Waals surface area contributed by atoms with Crippen molar-refractivity contribution in [1.82, 2.24) is 10.2 Å². The summed E-state index contributed by atoms with van der Waals surface area (Å²) in [6.45, 7) is -0.140. The van der Waals surface area contributed by atoms with Gasteiger partial charge in [0.2, 0.25) is 5.91 Å². The standard InChI is InChI=1S/C25H23Cl3N2O3/c1-29-25(32)23(13-17-5-3-2-4-6-17)30(15-18-7-8-20(27)14-22(18)28)24(31)16-33-21-11-9-19(26)10-12-21/h2-12,14,23H,13,15-16H2,1H3,(H,29,32)/t23-/m1/s1. The van der Waals surface area contributed by atoms with Gasteiger partial charge in [0.05, 0.1) is 0 Å². The molecule has 3 rings (SSSR count). The van der Waals surface area contributed by atoms with Gasteiger partial charge in [-0.1, -0.05) is 71.2 Å². The summed E-state index contributed by atoms with van der Waals surface area (Å²) in [6, 6.07) is 20.5. The molecule has 0 fully saturated rings. The minimum atomic E-state index is -0.773. The molecule has 0 radical (unpaired) electrons. The molecular formula is C25H23Cl3N2O3. The second kappa shape index (κ2) is 11.9. The van der Waals surface area contributed by atoms with Crippen LogP contribution in [0.1, 0.15) is 11.1 Å². The van der Waals surface area contributed by atoms with Crippen LogP contribution in [-0.2, 0) is 22.6 Å². The van der Waals surface area contributed by atoms with Crippen LogP contribution >= 0.6 is 34.8 Å². The molecule has 1 atom stereocenters. The lowest BCUT2D eigenvalue weighted by Gasteiger charge is -2.31. The van der Waals surface area contributed by atoms with E-state index in [1.165, 1.54) is 4.90 Å². The number of nitrogens with zero attached hydrogens (tertiary/aromatic N) is 1. The van der Waals surface area contributed by atoms with E-state index >= 15 is 0 Å². The van der Waals surface area contributed by atoms with Crippen molar-refractivity contribution in [2.75, 3.05) is 13.7 Å². The Hall–Kier alpha value is -2.73. The number of halogens is 3. The summed E-state index contributed by atoms with van der Waals surface area (Å²) in [7, 11) is 1.54. The molecular weight excluding hydrogens is 483 g/mol. The first kappa shape index (κ1) is 24.9. The normalized spacial score (nSPS) is 11.5. The van der Waals surface area contributed by atoms with Gasteiger partial charge in [0.25, 0.3) is 5.91 Å². The summed E-state index contributed by atoms with van der Waals surface area (Å²) in [6.07, 6.45) is 0.332. The first-order valence-corrected chi connectivity index (χ1v) is 11.4. The molecule has 0 aromatic heterocycles. The van der Waals surface area contributed by atoms with Crippen molar-refractivity contribution in [1.29, 1.82) is 0 Å². The minimum absolute atomic E-state index is 0.115. The van der Waals surface area contributed by atoms with E-state index in [2.05, 4.69) is 5.32 Å². The van der Waals surface area contributed by atoms with Gasteiger partial charge in [-0.05, 0) is 47.5 Å². The lowest BCUT2D eigenvalue weighted by Crippen LogP contribution is -2.51. The first-order valence-electron chi connectivity index (χ1n) is 10.2. The Kier molecular flexibility index (Phi) is 9.01. The molecule has 0 aliphatic heterocycles. The van der Waals surface area contributed by atoms with Crippen LogP contribution in [-0.4, -0.2) is 36.4 Å². The highest BCUT2D eigenvalue weighted by atomic mass is 35.5. The second-order valence-electron chi connectivity index (χ2n) is 7.32. The first-order chi connectivity index (χ1) is 15.9. The van der Waals surface area contributed by atoms with Crippen molar-refractivity contribution < 1.29 is 14.3 Å². The van der Waals surface area contributed by atoms with Gasteiger partial charge in [-0.15, -0.1) is 0 Å². The van der Waals surface area contributed by atoms with Crippen LogP contribution in [0.3, 0.4) is 0 Å². The van der Waals surface area contributed by atoms with Gasteiger partial charge in [-0.3, -0.25) is 9.59 Å². The zero-order chi connectivity index (χ0) is 23.8. The second-order valence-corrected chi connectivity index (χ2v) is 8.60. The van der Waals surface area contributed by atoms with Crippen LogP contribution in [0.2, 0.25) is 15.1 Å². The molecule has 0 heterocycles. The number of amides is 2. The maximum atomic E-state index is 13.3. The summed E-state index contributed by atoms with van der Waals surface area (Å²) in [5.41, 5.74) is 1.59. The summed E-state index contributed by atoms with van der Waals surface area (Å²) in [5.74, 6) is -0.152. The van der Waals surface area contributed by atoms with Crippen LogP contribution in [0, 0.1) is 0 Å². The predicted molar refractivity (Wildman–Crippen MR) is 132 cm³/mol. The fraction of sp³-hybridized carbons (Fsp3) is 0.200. The molecule has 0 spiro atoms. The summed E-state index contributed by atoms with van der Waals surface area (Å²) < 4.78 is 5.67. The molecule has 3 aromatic rings. The third-order valence-electron chi connectivity index (χ3n) is 5.05. The van der Waals surface area contributed by atoms with Gasteiger partial charge >= 0.3 is 0 Å². The van der Waals surface area contributed by atoms with Gasteiger partial charge in [0.1, 0.15) is 11.8 Å². The third-order valence-corrected chi connectivity index (χ3v) is 5.89. The Morgan fingerprint density at radius 3 is 2.24 bits per heavy atom. The van der Waals surface area contributed by atoms with E-state index in [1.807, 2.05) is 30.3 Å². The molecule has 0 saturated heterocycles. The summed E-state index contributed by atoms with van der Waals surface area (Å²) >= 11 is 18.3. The molecule has 5 nitrogen and oxygen atoms in total. The molecule has 172 valence electrons. The van der Waals surface area contributed by atoms with Crippen molar-refractivity contribution in [3.63, 3.8) is 0 Å². The lowest BCUT2D eigenvalue weighted by molar-refractivity contribution is -0.142. The van der Waals surface area contributed by atoms with Gasteiger partial charge in [-0.2, -0.15) is 0 Å². The zero-order valence-corrected chi connectivity index (χ0v) is 20.2. The number of ether oxygens (including phenoxy) is 1. The van der Waals surface area contributed by atoms with Crippen molar-refractivity contribution in [2.24, 2.45) is 0 Å². The number of carbonyl (C=O) groups excluding carboxylic acids is 2. The largest absolute Gasteiger partial charge is 0.484 e. The van der Waals surface area contributed by atoms with Crippen LogP contribution in [0.5, 0.6) is 5.75 Å². The van der Waals surface area contributed by atoms with E-state index < -0.39 is 6.04 Å². The Balaban J connectivity index is 1.89. The Bertz CT molecular complexity index is 1090. The molecule has 0 bridgehead atoms. The maximum Gasteiger partial charge on any atom is 0.261 e. The summed E-state index contributed by atoms with van der Waals surface area (Å²) in [5, 5.41) is 4.13. The Morgan fingerprint density at radius 1 is 0.939 bits per heavy atom. The number of carbonyl (C=O) groups is 2. The van der Waals surface area contributed by atoms with Gasteiger partial charge < -0.3 is 15.0 Å². The fourth-order valence-corrected chi connectivity index (χ4v) is 3.91. The molecule has 0 aliphatic carbocycles. The van der Waals surface area contributed by atoms with Crippen LogP contribution in [0.4, 0.5) is 0 Å². The molecule has 0 saturated carbocycles. The predicted octanol–water partition coefficient (Wildman–Crippen LogP) is 5.41. The molecule has 1 N–H and O–H groups in total. The highest BCUT2D eigenvalue weighted by molar-refractivity contribution is 6.35. The highest BCUT2D eigenvalue weighted by Crippen LogP contribution is 2.24. The fourth-order valence-electron chi connectivity index (χ4n) is 3.31. The average molecular weight is 506 g/mol. The van der Waals surface area contributed by atoms with Gasteiger partial charge in [-0.25, -0.2) is 0 Å². The van der Waals surface area contributed by atoms with E-state index in [4.69, 9.17) is 39.5 Å². The van der Waals surface area contributed by atoms with Crippen LogP contribution < -0.4 is 10.1 Å². The number of benzene rings is 3. The van der Waals surface area contributed by atoms with E-state index in [9.17, 15) is 9.59 Å². The van der Waals surface area contributed by atoms with Crippen LogP contribution in [0.15, 0.2) is 72.8 Å². The third kappa shape index (κ3) is 7.13. The smallest absolute Gasteiger partial charge is 0.261 e. The SMILES string of the molecule is CNC(=O)[C@@H](Cc1ccccc1)N(Cc1ccc(Cl)cc1Cl)C(=O)COc1ccc(Cl)cc1. The topological polar surface area (TPSA) is 58.6 Å². The van der Waals surface area contributed by atoms with E-state index in [0.717, 1.165) is 5.56 Å². The number of rotatable bonds is 9. The maximum absolute atomic E-state index is 13.3. The monoisotopic (exact) mass is 504 g/mol. The van der Waals surface area contributed by atoms with Crippen LogP contribution in [0.25, 0.3) is 0 Å².